The topological polar surface area (TPSA) is 110 Å². The van der Waals surface area contributed by atoms with E-state index in [4.69, 9.17) is 4.52 Å². The van der Waals surface area contributed by atoms with Crippen LogP contribution in [0.25, 0.3) is 0 Å². The summed E-state index contributed by atoms with van der Waals surface area (Å²) in [6, 6.07) is 1.59. The molecule has 0 aromatic carbocycles. The van der Waals surface area contributed by atoms with Crippen LogP contribution in [0, 0.1) is 0 Å². The fourth-order valence-electron chi connectivity index (χ4n) is 1.48. The summed E-state index contributed by atoms with van der Waals surface area (Å²) >= 11 is 0. The van der Waals surface area contributed by atoms with Crippen LogP contribution >= 0.6 is 0 Å². The van der Waals surface area contributed by atoms with E-state index in [1.807, 2.05) is 0 Å². The minimum absolute atomic E-state index is 0.100. The fourth-order valence-corrected chi connectivity index (χ4v) is 2.66. The first-order valence-electron chi connectivity index (χ1n) is 5.50. The van der Waals surface area contributed by atoms with Gasteiger partial charge in [-0.15, -0.1) is 0 Å². The predicted molar refractivity (Wildman–Crippen MR) is 67.0 cm³/mol. The van der Waals surface area contributed by atoms with Crippen molar-refractivity contribution < 1.29 is 12.9 Å². The molecule has 2 heterocycles. The summed E-state index contributed by atoms with van der Waals surface area (Å²) in [5, 5.41) is 6.25. The van der Waals surface area contributed by atoms with E-state index in [0.29, 0.717) is 18.0 Å². The van der Waals surface area contributed by atoms with Gasteiger partial charge >= 0.3 is 0 Å². The van der Waals surface area contributed by atoms with Crippen molar-refractivity contribution >= 4 is 15.7 Å². The molecule has 9 heteroatoms. The molecule has 2 N–H and O–H groups in total. The minimum atomic E-state index is -3.62. The standard InChI is InChI=1S/C10H13N5O3S/c1-11-8-2-4-12-6-9(8)19(16,17)15-5-3-10-13-7-14-18-10/h2,4,6-7,15H,3,5H2,1H3,(H,11,12). The van der Waals surface area contributed by atoms with Gasteiger partial charge in [0.1, 0.15) is 4.90 Å². The van der Waals surface area contributed by atoms with Crippen LogP contribution in [0.15, 0.2) is 34.2 Å². The van der Waals surface area contributed by atoms with Crippen molar-refractivity contribution in [1.29, 1.82) is 0 Å². The van der Waals surface area contributed by atoms with Crippen LogP contribution < -0.4 is 10.0 Å². The molecular weight excluding hydrogens is 270 g/mol. The lowest BCUT2D eigenvalue weighted by molar-refractivity contribution is 0.377. The molecule has 0 saturated carbocycles. The zero-order chi connectivity index (χ0) is 13.7. The molecule has 2 aromatic rings. The smallest absolute Gasteiger partial charge is 0.244 e. The first-order chi connectivity index (χ1) is 9.13. The molecule has 2 aromatic heterocycles. The van der Waals surface area contributed by atoms with E-state index in [2.05, 4.69) is 25.2 Å². The van der Waals surface area contributed by atoms with Crippen molar-refractivity contribution in [2.45, 2.75) is 11.3 Å². The molecule has 0 fully saturated rings. The van der Waals surface area contributed by atoms with Gasteiger partial charge in [-0.1, -0.05) is 5.16 Å². The molecule has 0 atom stereocenters. The van der Waals surface area contributed by atoms with Crippen LogP contribution in [0.1, 0.15) is 5.89 Å². The zero-order valence-electron chi connectivity index (χ0n) is 10.2. The van der Waals surface area contributed by atoms with Gasteiger partial charge in [-0.2, -0.15) is 4.98 Å². The molecule has 0 unspecified atom stereocenters. The molecule has 2 rings (SSSR count). The van der Waals surface area contributed by atoms with Crippen LogP contribution in [0.2, 0.25) is 0 Å². The monoisotopic (exact) mass is 283 g/mol. The Hall–Kier alpha value is -2.00. The average molecular weight is 283 g/mol. The molecule has 0 aliphatic rings. The number of anilines is 1. The minimum Gasteiger partial charge on any atom is -0.387 e. The zero-order valence-corrected chi connectivity index (χ0v) is 11.0. The highest BCUT2D eigenvalue weighted by Crippen LogP contribution is 2.18. The van der Waals surface area contributed by atoms with Crippen LogP contribution in [0.4, 0.5) is 5.69 Å². The Morgan fingerprint density at radius 1 is 1.42 bits per heavy atom. The van der Waals surface area contributed by atoms with Gasteiger partial charge in [0.15, 0.2) is 6.33 Å². The lowest BCUT2D eigenvalue weighted by Gasteiger charge is -2.09. The van der Waals surface area contributed by atoms with E-state index >= 15 is 0 Å². The lowest BCUT2D eigenvalue weighted by Crippen LogP contribution is -2.26. The number of hydrogen-bond acceptors (Lipinski definition) is 7. The average Bonchev–Trinajstić information content (AvgIpc) is 2.91. The van der Waals surface area contributed by atoms with Crippen molar-refractivity contribution in [3.63, 3.8) is 0 Å². The highest BCUT2D eigenvalue weighted by molar-refractivity contribution is 7.89. The second kappa shape index (κ2) is 5.76. The third kappa shape index (κ3) is 3.26. The molecule has 19 heavy (non-hydrogen) atoms. The Morgan fingerprint density at radius 3 is 2.95 bits per heavy atom. The second-order valence-electron chi connectivity index (χ2n) is 3.60. The highest BCUT2D eigenvalue weighted by atomic mass is 32.2. The van der Waals surface area contributed by atoms with Gasteiger partial charge < -0.3 is 9.84 Å². The third-order valence-electron chi connectivity index (χ3n) is 2.38. The number of rotatable bonds is 6. The lowest BCUT2D eigenvalue weighted by atomic mass is 10.4. The van der Waals surface area contributed by atoms with Crippen molar-refractivity contribution in [3.8, 4) is 0 Å². The number of hydrogen-bond donors (Lipinski definition) is 2. The maximum Gasteiger partial charge on any atom is 0.244 e. The van der Waals surface area contributed by atoms with Crippen LogP contribution in [-0.4, -0.2) is 37.1 Å². The van der Waals surface area contributed by atoms with Crippen molar-refractivity contribution in [2.24, 2.45) is 0 Å². The Morgan fingerprint density at radius 2 is 2.26 bits per heavy atom. The highest BCUT2D eigenvalue weighted by Gasteiger charge is 2.18. The number of nitrogens with one attached hydrogen (secondary N) is 2. The molecule has 0 saturated heterocycles. The maximum absolute atomic E-state index is 12.1. The van der Waals surface area contributed by atoms with Gasteiger partial charge in [0.2, 0.25) is 15.9 Å². The molecule has 0 spiro atoms. The maximum atomic E-state index is 12.1. The first-order valence-corrected chi connectivity index (χ1v) is 6.99. The summed E-state index contributed by atoms with van der Waals surface area (Å²) in [4.78, 5) is 7.72. The van der Waals surface area contributed by atoms with Crippen LogP contribution in [0.5, 0.6) is 0 Å². The Kier molecular flexibility index (Phi) is 4.07. The van der Waals surface area contributed by atoms with E-state index in [0.717, 1.165) is 0 Å². The summed E-state index contributed by atoms with van der Waals surface area (Å²) < 4.78 is 31.4. The molecule has 0 amide bonds. The van der Waals surface area contributed by atoms with E-state index in [1.54, 1.807) is 13.1 Å². The summed E-state index contributed by atoms with van der Waals surface area (Å²) in [5.41, 5.74) is 0.486. The summed E-state index contributed by atoms with van der Waals surface area (Å²) in [6.45, 7) is 0.169. The Balaban J connectivity index is 2.05. The molecule has 102 valence electrons. The van der Waals surface area contributed by atoms with Crippen molar-refractivity contribution in [3.05, 3.63) is 30.7 Å². The van der Waals surface area contributed by atoms with Gasteiger partial charge in [0.25, 0.3) is 0 Å². The predicted octanol–water partition coefficient (Wildman–Crippen LogP) is 0.0273. The largest absolute Gasteiger partial charge is 0.387 e. The summed E-state index contributed by atoms with van der Waals surface area (Å²) in [7, 11) is -1.98. The van der Waals surface area contributed by atoms with Gasteiger partial charge in [-0.3, -0.25) is 4.98 Å². The Labute approximate surface area is 110 Å². The third-order valence-corrected chi connectivity index (χ3v) is 3.87. The first kappa shape index (κ1) is 13.4. The molecule has 0 aliphatic heterocycles. The molecule has 0 aliphatic carbocycles. The van der Waals surface area contributed by atoms with E-state index < -0.39 is 10.0 Å². The number of nitrogens with zero attached hydrogens (tertiary/aromatic N) is 3. The number of sulfonamides is 1. The van der Waals surface area contributed by atoms with Gasteiger partial charge in [0.05, 0.1) is 5.69 Å². The van der Waals surface area contributed by atoms with Crippen molar-refractivity contribution in [2.75, 3.05) is 18.9 Å². The van der Waals surface area contributed by atoms with Gasteiger partial charge in [-0.05, 0) is 6.07 Å². The fraction of sp³-hybridized carbons (Fsp3) is 0.300. The van der Waals surface area contributed by atoms with Crippen LogP contribution in [-0.2, 0) is 16.4 Å². The van der Waals surface area contributed by atoms with E-state index in [9.17, 15) is 8.42 Å². The van der Waals surface area contributed by atoms with Gasteiger partial charge in [-0.25, -0.2) is 13.1 Å². The molecular formula is C10H13N5O3S. The van der Waals surface area contributed by atoms with E-state index in [-0.39, 0.29) is 11.4 Å². The molecule has 8 nitrogen and oxygen atoms in total. The molecule has 0 radical (unpaired) electrons. The number of pyridine rings is 1. The molecule has 0 bridgehead atoms. The SMILES string of the molecule is CNc1ccncc1S(=O)(=O)NCCc1ncno1. The Bertz CT molecular complexity index is 626. The summed E-state index contributed by atoms with van der Waals surface area (Å²) in [6.07, 6.45) is 4.41. The van der Waals surface area contributed by atoms with Crippen LogP contribution in [0.3, 0.4) is 0 Å². The quantitative estimate of drug-likeness (QED) is 0.769. The van der Waals surface area contributed by atoms with Crippen molar-refractivity contribution in [1.82, 2.24) is 19.8 Å². The summed E-state index contributed by atoms with van der Waals surface area (Å²) in [5.74, 6) is 0.378. The second-order valence-corrected chi connectivity index (χ2v) is 5.34. The number of aromatic nitrogens is 3. The van der Waals surface area contributed by atoms with Gasteiger partial charge in [0, 0.05) is 32.4 Å². The normalized spacial score (nSPS) is 11.4. The van der Waals surface area contributed by atoms with E-state index in [1.165, 1.54) is 18.7 Å².